The summed E-state index contributed by atoms with van der Waals surface area (Å²) >= 11 is 0. The monoisotopic (exact) mass is 226 g/mol. The summed E-state index contributed by atoms with van der Waals surface area (Å²) in [6.45, 7) is 5.60. The standard InChI is InChI=1S/C16H18O/c1-13-8-9-16(14(2)10-13)12-17-11-15-6-4-3-5-7-15/h3-10H,11-12H2,1-2H3. The number of ether oxygens (including phenoxy) is 1. The van der Waals surface area contributed by atoms with Gasteiger partial charge >= 0.3 is 0 Å². The molecule has 0 saturated heterocycles. The summed E-state index contributed by atoms with van der Waals surface area (Å²) in [4.78, 5) is 0. The van der Waals surface area contributed by atoms with Crippen LogP contribution in [0.1, 0.15) is 22.3 Å². The van der Waals surface area contributed by atoms with Crippen molar-refractivity contribution in [2.75, 3.05) is 0 Å². The summed E-state index contributed by atoms with van der Waals surface area (Å²) in [5.41, 5.74) is 5.09. The van der Waals surface area contributed by atoms with Gasteiger partial charge in [-0.3, -0.25) is 0 Å². The first-order chi connectivity index (χ1) is 8.25. The zero-order valence-electron chi connectivity index (χ0n) is 10.4. The molecule has 2 aromatic rings. The molecule has 2 rings (SSSR count). The van der Waals surface area contributed by atoms with E-state index in [1.54, 1.807) is 0 Å². The first-order valence-electron chi connectivity index (χ1n) is 5.93. The number of benzene rings is 2. The summed E-state index contributed by atoms with van der Waals surface area (Å²) in [7, 11) is 0. The topological polar surface area (TPSA) is 9.23 Å². The molecule has 0 bridgehead atoms. The van der Waals surface area contributed by atoms with E-state index in [1.165, 1.54) is 22.3 Å². The molecule has 17 heavy (non-hydrogen) atoms. The Labute approximate surface area is 103 Å². The summed E-state index contributed by atoms with van der Waals surface area (Å²) < 4.78 is 5.73. The van der Waals surface area contributed by atoms with Gasteiger partial charge in [-0.15, -0.1) is 0 Å². The van der Waals surface area contributed by atoms with Crippen molar-refractivity contribution >= 4 is 0 Å². The highest BCUT2D eigenvalue weighted by Gasteiger charge is 1.99. The molecule has 0 aliphatic carbocycles. The van der Waals surface area contributed by atoms with E-state index in [2.05, 4.69) is 44.2 Å². The van der Waals surface area contributed by atoms with Crippen molar-refractivity contribution in [2.24, 2.45) is 0 Å². The lowest BCUT2D eigenvalue weighted by atomic mass is 10.1. The molecule has 0 amide bonds. The predicted octanol–water partition coefficient (Wildman–Crippen LogP) is 4.02. The van der Waals surface area contributed by atoms with Gasteiger partial charge in [-0.2, -0.15) is 0 Å². The van der Waals surface area contributed by atoms with Gasteiger partial charge in [0.25, 0.3) is 0 Å². The fourth-order valence-electron chi connectivity index (χ4n) is 1.86. The molecule has 0 aliphatic rings. The van der Waals surface area contributed by atoms with Gasteiger partial charge in [-0.25, -0.2) is 0 Å². The van der Waals surface area contributed by atoms with E-state index in [0.717, 1.165) is 0 Å². The molecular formula is C16H18O. The van der Waals surface area contributed by atoms with Crippen molar-refractivity contribution in [1.82, 2.24) is 0 Å². The first-order valence-corrected chi connectivity index (χ1v) is 5.93. The van der Waals surface area contributed by atoms with E-state index in [0.29, 0.717) is 13.2 Å². The Bertz CT molecular complexity index is 474. The Hall–Kier alpha value is -1.60. The van der Waals surface area contributed by atoms with Crippen molar-refractivity contribution in [3.8, 4) is 0 Å². The molecule has 0 heterocycles. The fourth-order valence-corrected chi connectivity index (χ4v) is 1.86. The van der Waals surface area contributed by atoms with Gasteiger partial charge in [0.2, 0.25) is 0 Å². The Morgan fingerprint density at radius 1 is 0.882 bits per heavy atom. The van der Waals surface area contributed by atoms with Gasteiger partial charge in [0, 0.05) is 0 Å². The maximum Gasteiger partial charge on any atom is 0.0724 e. The Kier molecular flexibility index (Phi) is 3.94. The maximum atomic E-state index is 5.73. The number of hydrogen-bond acceptors (Lipinski definition) is 1. The van der Waals surface area contributed by atoms with Gasteiger partial charge in [-0.1, -0.05) is 54.1 Å². The molecule has 1 nitrogen and oxygen atoms in total. The van der Waals surface area contributed by atoms with E-state index in [4.69, 9.17) is 4.74 Å². The Balaban J connectivity index is 1.90. The summed E-state index contributed by atoms with van der Waals surface area (Å²) in [6.07, 6.45) is 0. The Morgan fingerprint density at radius 3 is 2.35 bits per heavy atom. The summed E-state index contributed by atoms with van der Waals surface area (Å²) in [5, 5.41) is 0. The lowest BCUT2D eigenvalue weighted by molar-refractivity contribution is 0.107. The van der Waals surface area contributed by atoms with Crippen molar-refractivity contribution < 1.29 is 4.74 Å². The molecule has 0 atom stereocenters. The van der Waals surface area contributed by atoms with Gasteiger partial charge in [0.05, 0.1) is 13.2 Å². The number of hydrogen-bond donors (Lipinski definition) is 0. The minimum atomic E-state index is 0.675. The predicted molar refractivity (Wildman–Crippen MR) is 70.9 cm³/mol. The van der Waals surface area contributed by atoms with Crippen LogP contribution in [0.5, 0.6) is 0 Å². The molecule has 0 spiro atoms. The maximum absolute atomic E-state index is 5.73. The average Bonchev–Trinajstić information content (AvgIpc) is 2.33. The molecule has 0 aliphatic heterocycles. The summed E-state index contributed by atoms with van der Waals surface area (Å²) in [5.74, 6) is 0. The highest BCUT2D eigenvalue weighted by Crippen LogP contribution is 2.12. The number of aryl methyl sites for hydroxylation is 2. The van der Waals surface area contributed by atoms with E-state index in [9.17, 15) is 0 Å². The van der Waals surface area contributed by atoms with E-state index in [-0.39, 0.29) is 0 Å². The second-order valence-electron chi connectivity index (χ2n) is 4.41. The minimum absolute atomic E-state index is 0.675. The van der Waals surface area contributed by atoms with Crippen LogP contribution in [0.15, 0.2) is 48.5 Å². The molecule has 0 radical (unpaired) electrons. The van der Waals surface area contributed by atoms with Crippen LogP contribution < -0.4 is 0 Å². The molecule has 0 fully saturated rings. The molecule has 0 aromatic heterocycles. The van der Waals surface area contributed by atoms with E-state index >= 15 is 0 Å². The zero-order chi connectivity index (χ0) is 12.1. The van der Waals surface area contributed by atoms with Gasteiger partial charge in [0.1, 0.15) is 0 Å². The summed E-state index contributed by atoms with van der Waals surface area (Å²) in [6, 6.07) is 16.7. The van der Waals surface area contributed by atoms with Crippen LogP contribution in [-0.4, -0.2) is 0 Å². The molecule has 0 saturated carbocycles. The highest BCUT2D eigenvalue weighted by molar-refractivity contribution is 5.29. The van der Waals surface area contributed by atoms with E-state index < -0.39 is 0 Å². The van der Waals surface area contributed by atoms with Crippen LogP contribution in [0.4, 0.5) is 0 Å². The van der Waals surface area contributed by atoms with Crippen molar-refractivity contribution in [3.05, 3.63) is 70.8 Å². The van der Waals surface area contributed by atoms with Crippen LogP contribution >= 0.6 is 0 Å². The third kappa shape index (κ3) is 3.43. The fraction of sp³-hybridized carbons (Fsp3) is 0.250. The molecular weight excluding hydrogens is 208 g/mol. The van der Waals surface area contributed by atoms with Crippen LogP contribution in [-0.2, 0) is 18.0 Å². The minimum Gasteiger partial charge on any atom is -0.372 e. The van der Waals surface area contributed by atoms with Crippen LogP contribution in [0, 0.1) is 13.8 Å². The van der Waals surface area contributed by atoms with Crippen molar-refractivity contribution in [1.29, 1.82) is 0 Å². The molecule has 2 aromatic carbocycles. The largest absolute Gasteiger partial charge is 0.372 e. The highest BCUT2D eigenvalue weighted by atomic mass is 16.5. The molecule has 88 valence electrons. The average molecular weight is 226 g/mol. The van der Waals surface area contributed by atoms with Gasteiger partial charge < -0.3 is 4.74 Å². The molecule has 1 heteroatoms. The lowest BCUT2D eigenvalue weighted by Crippen LogP contribution is -1.96. The lowest BCUT2D eigenvalue weighted by Gasteiger charge is -2.08. The van der Waals surface area contributed by atoms with Gasteiger partial charge in [-0.05, 0) is 30.5 Å². The molecule has 0 N–H and O–H groups in total. The smallest absolute Gasteiger partial charge is 0.0724 e. The van der Waals surface area contributed by atoms with Gasteiger partial charge in [0.15, 0.2) is 0 Å². The molecule has 0 unspecified atom stereocenters. The van der Waals surface area contributed by atoms with Crippen molar-refractivity contribution in [2.45, 2.75) is 27.1 Å². The zero-order valence-corrected chi connectivity index (χ0v) is 10.4. The SMILES string of the molecule is Cc1ccc(COCc2ccccc2)c(C)c1. The van der Waals surface area contributed by atoms with Crippen molar-refractivity contribution in [3.63, 3.8) is 0 Å². The second kappa shape index (κ2) is 5.65. The third-order valence-corrected chi connectivity index (χ3v) is 2.87. The van der Waals surface area contributed by atoms with Crippen LogP contribution in [0.25, 0.3) is 0 Å². The Morgan fingerprint density at radius 2 is 1.65 bits per heavy atom. The second-order valence-corrected chi connectivity index (χ2v) is 4.41. The first kappa shape index (κ1) is 11.9. The normalized spacial score (nSPS) is 10.5. The number of rotatable bonds is 4. The van der Waals surface area contributed by atoms with Crippen LogP contribution in [0.2, 0.25) is 0 Å². The van der Waals surface area contributed by atoms with E-state index in [1.807, 2.05) is 18.2 Å². The third-order valence-electron chi connectivity index (χ3n) is 2.87. The van der Waals surface area contributed by atoms with Crippen LogP contribution in [0.3, 0.4) is 0 Å². The quantitative estimate of drug-likeness (QED) is 0.765.